The molecule has 0 bridgehead atoms. The first-order valence-electron chi connectivity index (χ1n) is 3.37. The van der Waals surface area contributed by atoms with E-state index in [2.05, 4.69) is 6.58 Å². The van der Waals surface area contributed by atoms with Crippen LogP contribution in [0.4, 0.5) is 0 Å². The Morgan fingerprint density at radius 2 is 1.58 bits per heavy atom. The van der Waals surface area contributed by atoms with Crippen LogP contribution in [0, 0.1) is 22.7 Å². The van der Waals surface area contributed by atoms with Crippen molar-refractivity contribution in [1.82, 2.24) is 0 Å². The molecule has 0 heterocycles. The van der Waals surface area contributed by atoms with Crippen molar-refractivity contribution < 1.29 is 0 Å². The summed E-state index contributed by atoms with van der Waals surface area (Å²) in [5, 5.41) is 18.6. The van der Waals surface area contributed by atoms with Crippen molar-refractivity contribution in [2.24, 2.45) is 0 Å². The normalized spacial score (nSPS) is 8.17. The van der Waals surface area contributed by atoms with E-state index in [0.29, 0.717) is 5.22 Å². The van der Waals surface area contributed by atoms with Gasteiger partial charge < -0.3 is 0 Å². The SMILES string of the molecule is C=c1ccc(=C(C#N)C#N)cc1. The van der Waals surface area contributed by atoms with Crippen LogP contribution in [0.1, 0.15) is 0 Å². The highest BCUT2D eigenvalue weighted by atomic mass is 14.3. The van der Waals surface area contributed by atoms with E-state index in [1.54, 1.807) is 24.3 Å². The van der Waals surface area contributed by atoms with Crippen molar-refractivity contribution in [1.29, 1.82) is 10.5 Å². The average molecular weight is 154 g/mol. The Morgan fingerprint density at radius 1 is 1.08 bits per heavy atom. The molecule has 0 N–H and O–H groups in total. The van der Waals surface area contributed by atoms with Gasteiger partial charge >= 0.3 is 0 Å². The summed E-state index contributed by atoms with van der Waals surface area (Å²) in [6.45, 7) is 3.70. The third kappa shape index (κ3) is 1.51. The molecule has 56 valence electrons. The van der Waals surface area contributed by atoms with E-state index in [9.17, 15) is 0 Å². The first-order chi connectivity index (χ1) is 5.77. The smallest absolute Gasteiger partial charge is 0.136 e. The third-order valence-electron chi connectivity index (χ3n) is 1.47. The summed E-state index contributed by atoms with van der Waals surface area (Å²) >= 11 is 0. The van der Waals surface area contributed by atoms with Crippen LogP contribution >= 0.6 is 0 Å². The highest BCUT2D eigenvalue weighted by Crippen LogP contribution is 1.84. The molecule has 0 aliphatic heterocycles. The van der Waals surface area contributed by atoms with Crippen LogP contribution in [-0.4, -0.2) is 0 Å². The van der Waals surface area contributed by atoms with Gasteiger partial charge in [0.15, 0.2) is 0 Å². The highest BCUT2D eigenvalue weighted by molar-refractivity contribution is 5.72. The summed E-state index contributed by atoms with van der Waals surface area (Å²) in [4.78, 5) is 0. The summed E-state index contributed by atoms with van der Waals surface area (Å²) in [7, 11) is 0. The fourth-order valence-corrected chi connectivity index (χ4v) is 0.826. The second kappa shape index (κ2) is 3.37. The monoisotopic (exact) mass is 154 g/mol. The quantitative estimate of drug-likeness (QED) is 0.539. The van der Waals surface area contributed by atoms with Crippen molar-refractivity contribution in [2.75, 3.05) is 0 Å². The Bertz CT molecular complexity index is 433. The Kier molecular flexibility index (Phi) is 2.26. The predicted octanol–water partition coefficient (Wildman–Crippen LogP) is 0.295. The molecule has 1 aromatic carbocycles. The van der Waals surface area contributed by atoms with Crippen molar-refractivity contribution in [3.8, 4) is 12.1 Å². The van der Waals surface area contributed by atoms with Crippen LogP contribution in [0.5, 0.6) is 0 Å². The van der Waals surface area contributed by atoms with E-state index in [1.165, 1.54) is 0 Å². The van der Waals surface area contributed by atoms with Crippen LogP contribution in [0.15, 0.2) is 24.3 Å². The average Bonchev–Trinajstić information content (AvgIpc) is 2.10. The van der Waals surface area contributed by atoms with E-state index in [-0.39, 0.29) is 5.57 Å². The predicted molar refractivity (Wildman–Crippen MR) is 45.8 cm³/mol. The van der Waals surface area contributed by atoms with Crippen molar-refractivity contribution in [3.63, 3.8) is 0 Å². The number of hydrogen-bond donors (Lipinski definition) is 0. The van der Waals surface area contributed by atoms with E-state index in [0.717, 1.165) is 5.22 Å². The van der Waals surface area contributed by atoms with Crippen LogP contribution < -0.4 is 10.4 Å². The van der Waals surface area contributed by atoms with Gasteiger partial charge in [-0.25, -0.2) is 0 Å². The summed E-state index contributed by atoms with van der Waals surface area (Å²) < 4.78 is 0. The lowest BCUT2D eigenvalue weighted by molar-refractivity contribution is 1.48. The van der Waals surface area contributed by atoms with Crippen molar-refractivity contribution >= 4 is 12.2 Å². The van der Waals surface area contributed by atoms with Crippen molar-refractivity contribution in [2.45, 2.75) is 0 Å². The van der Waals surface area contributed by atoms with Crippen molar-refractivity contribution in [3.05, 3.63) is 34.7 Å². The lowest BCUT2D eigenvalue weighted by Crippen LogP contribution is -2.07. The molecule has 0 amide bonds. The van der Waals surface area contributed by atoms with E-state index in [4.69, 9.17) is 10.5 Å². The molecule has 0 radical (unpaired) electrons. The minimum absolute atomic E-state index is 0.134. The van der Waals surface area contributed by atoms with Gasteiger partial charge in [0, 0.05) is 5.22 Å². The molecule has 1 rings (SSSR count). The fraction of sp³-hybridized carbons (Fsp3) is 0. The molecule has 2 nitrogen and oxygen atoms in total. The Labute approximate surface area is 70.3 Å². The zero-order valence-corrected chi connectivity index (χ0v) is 6.41. The number of rotatable bonds is 0. The largest absolute Gasteiger partial charge is 0.192 e. The molecular weight excluding hydrogens is 148 g/mol. The molecular formula is C10H6N2. The molecule has 12 heavy (non-hydrogen) atoms. The molecule has 0 aromatic heterocycles. The number of nitrogens with zero attached hydrogens (tertiary/aromatic N) is 2. The van der Waals surface area contributed by atoms with E-state index >= 15 is 0 Å². The van der Waals surface area contributed by atoms with Gasteiger partial charge in [-0.15, -0.1) is 0 Å². The molecule has 0 saturated carbocycles. The molecule has 0 aliphatic rings. The first kappa shape index (κ1) is 8.04. The van der Waals surface area contributed by atoms with E-state index < -0.39 is 0 Å². The first-order valence-corrected chi connectivity index (χ1v) is 3.37. The van der Waals surface area contributed by atoms with Gasteiger partial charge in [-0.1, -0.05) is 30.8 Å². The van der Waals surface area contributed by atoms with Crippen LogP contribution in [0.2, 0.25) is 0 Å². The summed E-state index contributed by atoms with van der Waals surface area (Å²) in [5.41, 5.74) is 0.134. The number of hydrogen-bond acceptors (Lipinski definition) is 2. The second-order valence-electron chi connectivity index (χ2n) is 2.30. The van der Waals surface area contributed by atoms with Crippen LogP contribution in [0.3, 0.4) is 0 Å². The molecule has 0 atom stereocenters. The zero-order valence-electron chi connectivity index (χ0n) is 6.41. The molecule has 2 heteroatoms. The summed E-state index contributed by atoms with van der Waals surface area (Å²) in [6, 6.07) is 10.6. The van der Waals surface area contributed by atoms with Gasteiger partial charge in [-0.05, 0) is 5.22 Å². The third-order valence-corrected chi connectivity index (χ3v) is 1.47. The molecule has 0 spiro atoms. The summed E-state index contributed by atoms with van der Waals surface area (Å²) in [5.74, 6) is 0. The maximum atomic E-state index is 8.52. The lowest BCUT2D eigenvalue weighted by atomic mass is 10.2. The standard InChI is InChI=1S/C10H6N2/c1-8-2-4-9(5-3-8)10(6-11)7-12/h2-5H,1H2. The van der Waals surface area contributed by atoms with Crippen LogP contribution in [-0.2, 0) is 0 Å². The van der Waals surface area contributed by atoms with E-state index in [1.807, 2.05) is 12.1 Å². The maximum absolute atomic E-state index is 8.52. The molecule has 1 aromatic rings. The molecule has 0 unspecified atom stereocenters. The second-order valence-corrected chi connectivity index (χ2v) is 2.30. The molecule has 0 fully saturated rings. The Hall–Kier alpha value is -2.06. The Balaban J connectivity index is 3.51. The van der Waals surface area contributed by atoms with Gasteiger partial charge in [0.25, 0.3) is 0 Å². The lowest BCUT2D eigenvalue weighted by Gasteiger charge is -1.84. The van der Waals surface area contributed by atoms with Gasteiger partial charge in [0.1, 0.15) is 17.7 Å². The van der Waals surface area contributed by atoms with Crippen LogP contribution in [0.25, 0.3) is 12.2 Å². The topological polar surface area (TPSA) is 47.6 Å². The molecule has 0 aliphatic carbocycles. The minimum atomic E-state index is 0.134. The Morgan fingerprint density at radius 3 is 2.00 bits per heavy atom. The highest BCUT2D eigenvalue weighted by Gasteiger charge is 1.91. The fourth-order valence-electron chi connectivity index (χ4n) is 0.826. The number of benzene rings is 1. The summed E-state index contributed by atoms with van der Waals surface area (Å²) in [6.07, 6.45) is 0. The van der Waals surface area contributed by atoms with Gasteiger partial charge in [-0.2, -0.15) is 10.5 Å². The van der Waals surface area contributed by atoms with Gasteiger partial charge in [0.05, 0.1) is 0 Å². The van der Waals surface area contributed by atoms with Gasteiger partial charge in [0.2, 0.25) is 0 Å². The van der Waals surface area contributed by atoms with Gasteiger partial charge in [-0.3, -0.25) is 0 Å². The zero-order chi connectivity index (χ0) is 8.97. The molecule has 0 saturated heterocycles. The number of nitriles is 2. The minimum Gasteiger partial charge on any atom is -0.192 e. The maximum Gasteiger partial charge on any atom is 0.136 e.